The molecule has 0 bridgehead atoms. The van der Waals surface area contributed by atoms with Crippen LogP contribution < -0.4 is 10.2 Å². The number of anilines is 1. The highest BCUT2D eigenvalue weighted by Gasteiger charge is 2.35. The van der Waals surface area contributed by atoms with Crippen molar-refractivity contribution in [2.75, 3.05) is 11.4 Å². The monoisotopic (exact) mass is 345 g/mol. The van der Waals surface area contributed by atoms with Crippen LogP contribution in [0, 0.1) is 5.92 Å². The van der Waals surface area contributed by atoms with Gasteiger partial charge in [0.2, 0.25) is 11.8 Å². The Morgan fingerprint density at radius 3 is 2.81 bits per heavy atom. The fourth-order valence-corrected chi connectivity index (χ4v) is 3.40. The minimum Gasteiger partial charge on any atom is -0.352 e. The molecule has 1 atom stereocenters. The Labute approximate surface area is 151 Å². The molecule has 5 heteroatoms. The SMILES string of the molecule is O=C(NCc1cccnc1)[C@@H]1CC(=O)N(c2cccc3ccccc23)C1. The largest absolute Gasteiger partial charge is 0.352 e. The number of amides is 2. The van der Waals surface area contributed by atoms with E-state index in [0.717, 1.165) is 22.0 Å². The number of hydrogen-bond donors (Lipinski definition) is 1. The van der Waals surface area contributed by atoms with Gasteiger partial charge in [0.1, 0.15) is 0 Å². The van der Waals surface area contributed by atoms with E-state index in [1.165, 1.54) is 0 Å². The van der Waals surface area contributed by atoms with Crippen molar-refractivity contribution >= 4 is 28.3 Å². The van der Waals surface area contributed by atoms with E-state index < -0.39 is 0 Å². The second-order valence-corrected chi connectivity index (χ2v) is 6.48. The number of rotatable bonds is 4. The van der Waals surface area contributed by atoms with Crippen molar-refractivity contribution in [3.8, 4) is 0 Å². The molecule has 1 saturated heterocycles. The number of aromatic nitrogens is 1. The standard InChI is InChI=1S/C21H19N3O2/c25-20-11-17(21(26)23-13-15-5-4-10-22-12-15)14-24(20)19-9-3-7-16-6-1-2-8-18(16)19/h1-10,12,17H,11,13-14H2,(H,23,26)/t17-/m1/s1. The lowest BCUT2D eigenvalue weighted by Gasteiger charge is -2.19. The molecule has 2 heterocycles. The van der Waals surface area contributed by atoms with E-state index >= 15 is 0 Å². The number of nitrogens with zero attached hydrogens (tertiary/aromatic N) is 2. The summed E-state index contributed by atoms with van der Waals surface area (Å²) in [5.41, 5.74) is 1.81. The first kappa shape index (κ1) is 16.3. The molecular formula is C21H19N3O2. The Bertz CT molecular complexity index is 950. The van der Waals surface area contributed by atoms with Gasteiger partial charge in [-0.25, -0.2) is 0 Å². The van der Waals surface area contributed by atoms with Gasteiger partial charge in [-0.05, 0) is 23.1 Å². The molecule has 5 nitrogen and oxygen atoms in total. The third kappa shape index (κ3) is 3.16. The van der Waals surface area contributed by atoms with E-state index in [9.17, 15) is 9.59 Å². The molecule has 2 amide bonds. The smallest absolute Gasteiger partial charge is 0.227 e. The second-order valence-electron chi connectivity index (χ2n) is 6.48. The van der Waals surface area contributed by atoms with Crippen LogP contribution in [0.1, 0.15) is 12.0 Å². The van der Waals surface area contributed by atoms with Gasteiger partial charge in [0, 0.05) is 37.3 Å². The van der Waals surface area contributed by atoms with Gasteiger partial charge in [-0.1, -0.05) is 42.5 Å². The average Bonchev–Trinajstić information content (AvgIpc) is 3.08. The summed E-state index contributed by atoms with van der Waals surface area (Å²) >= 11 is 0. The Morgan fingerprint density at radius 1 is 1.12 bits per heavy atom. The fourth-order valence-electron chi connectivity index (χ4n) is 3.40. The van der Waals surface area contributed by atoms with Gasteiger partial charge < -0.3 is 10.2 Å². The van der Waals surface area contributed by atoms with Crippen LogP contribution in [-0.2, 0) is 16.1 Å². The quantitative estimate of drug-likeness (QED) is 0.791. The summed E-state index contributed by atoms with van der Waals surface area (Å²) in [6.07, 6.45) is 3.66. The van der Waals surface area contributed by atoms with Crippen LogP contribution in [0.2, 0.25) is 0 Å². The van der Waals surface area contributed by atoms with E-state index in [1.807, 2.05) is 54.6 Å². The zero-order valence-electron chi connectivity index (χ0n) is 14.3. The maximum Gasteiger partial charge on any atom is 0.227 e. The molecule has 3 aromatic rings. The predicted octanol–water partition coefficient (Wildman–Crippen LogP) is 2.90. The van der Waals surface area contributed by atoms with Crippen LogP contribution >= 0.6 is 0 Å². The summed E-state index contributed by atoms with van der Waals surface area (Å²) in [5.74, 6) is -0.439. The van der Waals surface area contributed by atoms with Crippen LogP contribution in [0.4, 0.5) is 5.69 Å². The van der Waals surface area contributed by atoms with Crippen LogP contribution in [-0.4, -0.2) is 23.3 Å². The third-order valence-electron chi connectivity index (χ3n) is 4.74. The first-order chi connectivity index (χ1) is 12.7. The number of nitrogens with one attached hydrogen (secondary N) is 1. The highest BCUT2D eigenvalue weighted by Crippen LogP contribution is 2.31. The lowest BCUT2D eigenvalue weighted by molar-refractivity contribution is -0.126. The fraction of sp³-hybridized carbons (Fsp3) is 0.190. The number of carbonyl (C=O) groups excluding carboxylic acids is 2. The van der Waals surface area contributed by atoms with Crippen molar-refractivity contribution in [1.82, 2.24) is 10.3 Å². The molecule has 0 aliphatic carbocycles. The highest BCUT2D eigenvalue weighted by atomic mass is 16.2. The van der Waals surface area contributed by atoms with Gasteiger partial charge in [-0.3, -0.25) is 14.6 Å². The number of pyridine rings is 1. The van der Waals surface area contributed by atoms with E-state index in [0.29, 0.717) is 13.1 Å². The predicted molar refractivity (Wildman–Crippen MR) is 100 cm³/mol. The summed E-state index contributed by atoms with van der Waals surface area (Å²) in [7, 11) is 0. The average molecular weight is 345 g/mol. The topological polar surface area (TPSA) is 62.3 Å². The molecule has 1 aliphatic heterocycles. The van der Waals surface area contributed by atoms with Gasteiger partial charge in [-0.2, -0.15) is 0 Å². The summed E-state index contributed by atoms with van der Waals surface area (Å²) < 4.78 is 0. The van der Waals surface area contributed by atoms with Crippen molar-refractivity contribution in [3.05, 3.63) is 72.6 Å². The van der Waals surface area contributed by atoms with Gasteiger partial charge in [-0.15, -0.1) is 0 Å². The molecule has 0 unspecified atom stereocenters. The van der Waals surface area contributed by atoms with E-state index in [4.69, 9.17) is 0 Å². The van der Waals surface area contributed by atoms with Crippen molar-refractivity contribution in [3.63, 3.8) is 0 Å². The molecule has 1 N–H and O–H groups in total. The van der Waals surface area contributed by atoms with Crippen LogP contribution in [0.3, 0.4) is 0 Å². The van der Waals surface area contributed by atoms with E-state index in [2.05, 4.69) is 10.3 Å². The molecule has 1 aliphatic rings. The highest BCUT2D eigenvalue weighted by molar-refractivity contribution is 6.06. The van der Waals surface area contributed by atoms with Crippen molar-refractivity contribution in [1.29, 1.82) is 0 Å². The summed E-state index contributed by atoms with van der Waals surface area (Å²) in [4.78, 5) is 30.8. The summed E-state index contributed by atoms with van der Waals surface area (Å²) in [6.45, 7) is 0.831. The molecule has 0 radical (unpaired) electrons. The van der Waals surface area contributed by atoms with Crippen LogP contribution in [0.15, 0.2) is 67.0 Å². The summed E-state index contributed by atoms with van der Waals surface area (Å²) in [6, 6.07) is 17.6. The third-order valence-corrected chi connectivity index (χ3v) is 4.74. The second kappa shape index (κ2) is 6.96. The molecule has 0 saturated carbocycles. The van der Waals surface area contributed by atoms with Crippen molar-refractivity contribution < 1.29 is 9.59 Å². The lowest BCUT2D eigenvalue weighted by Crippen LogP contribution is -2.32. The van der Waals surface area contributed by atoms with Crippen molar-refractivity contribution in [2.45, 2.75) is 13.0 Å². The molecule has 1 fully saturated rings. The minimum absolute atomic E-state index is 0.0112. The Morgan fingerprint density at radius 2 is 1.96 bits per heavy atom. The number of carbonyl (C=O) groups is 2. The first-order valence-corrected chi connectivity index (χ1v) is 8.67. The zero-order chi connectivity index (χ0) is 17.9. The molecule has 1 aromatic heterocycles. The molecular weight excluding hydrogens is 326 g/mol. The van der Waals surface area contributed by atoms with E-state index in [1.54, 1.807) is 17.3 Å². The van der Waals surface area contributed by atoms with Gasteiger partial charge in [0.15, 0.2) is 0 Å². The first-order valence-electron chi connectivity index (χ1n) is 8.67. The normalized spacial score (nSPS) is 16.8. The Kier molecular flexibility index (Phi) is 4.35. The van der Waals surface area contributed by atoms with Gasteiger partial charge in [0.25, 0.3) is 0 Å². The summed E-state index contributed by atoms with van der Waals surface area (Å²) in [5, 5.41) is 5.03. The molecule has 26 heavy (non-hydrogen) atoms. The Balaban J connectivity index is 1.49. The lowest BCUT2D eigenvalue weighted by atomic mass is 10.1. The van der Waals surface area contributed by atoms with Crippen molar-refractivity contribution in [2.24, 2.45) is 5.92 Å². The van der Waals surface area contributed by atoms with Crippen LogP contribution in [0.5, 0.6) is 0 Å². The molecule has 0 spiro atoms. The zero-order valence-corrected chi connectivity index (χ0v) is 14.3. The number of benzene rings is 2. The van der Waals surface area contributed by atoms with Gasteiger partial charge >= 0.3 is 0 Å². The minimum atomic E-state index is -0.335. The molecule has 2 aromatic carbocycles. The molecule has 130 valence electrons. The van der Waals surface area contributed by atoms with Gasteiger partial charge in [0.05, 0.1) is 11.6 Å². The Hall–Kier alpha value is -3.21. The number of fused-ring (bicyclic) bond motifs is 1. The number of hydrogen-bond acceptors (Lipinski definition) is 3. The maximum absolute atomic E-state index is 12.5. The van der Waals surface area contributed by atoms with Crippen LogP contribution in [0.25, 0.3) is 10.8 Å². The van der Waals surface area contributed by atoms with E-state index in [-0.39, 0.29) is 24.2 Å². The maximum atomic E-state index is 12.5. The molecule has 4 rings (SSSR count).